The van der Waals surface area contributed by atoms with Crippen LogP contribution in [0.2, 0.25) is 0 Å². The van der Waals surface area contributed by atoms with Gasteiger partial charge in [-0.05, 0) is 36.5 Å². The Morgan fingerprint density at radius 3 is 2.36 bits per heavy atom. The summed E-state index contributed by atoms with van der Waals surface area (Å²) in [7, 11) is 0. The lowest BCUT2D eigenvalue weighted by atomic mass is 9.94. The van der Waals surface area contributed by atoms with Gasteiger partial charge in [-0.3, -0.25) is 4.79 Å². The van der Waals surface area contributed by atoms with E-state index in [-0.39, 0.29) is 11.7 Å². The van der Waals surface area contributed by atoms with Crippen molar-refractivity contribution in [2.75, 3.05) is 0 Å². The van der Waals surface area contributed by atoms with Crippen LogP contribution in [0.25, 0.3) is 0 Å². The Bertz CT molecular complexity index is 341. The molecule has 2 rings (SSSR count). The molecule has 3 heteroatoms. The summed E-state index contributed by atoms with van der Waals surface area (Å²) in [5.41, 5.74) is 0.710. The quantitative estimate of drug-likeness (QED) is 0.802. The molecule has 0 bridgehead atoms. The third kappa shape index (κ3) is 1.76. The first-order chi connectivity index (χ1) is 6.68. The maximum Gasteiger partial charge on any atom is 0.311 e. The molecule has 0 heterocycles. The van der Waals surface area contributed by atoms with Crippen LogP contribution in [-0.4, -0.2) is 11.1 Å². The van der Waals surface area contributed by atoms with Gasteiger partial charge in [0.05, 0.1) is 5.92 Å². The zero-order valence-corrected chi connectivity index (χ0v) is 7.61. The average Bonchev–Trinajstić information content (AvgIpc) is 2.92. The highest BCUT2D eigenvalue weighted by Gasteiger charge is 2.37. The van der Waals surface area contributed by atoms with Gasteiger partial charge in [-0.2, -0.15) is 0 Å². The topological polar surface area (TPSA) is 37.3 Å². The molecule has 74 valence electrons. The van der Waals surface area contributed by atoms with Gasteiger partial charge in [-0.15, -0.1) is 0 Å². The molecule has 1 fully saturated rings. The van der Waals surface area contributed by atoms with Gasteiger partial charge in [0.2, 0.25) is 0 Å². The third-order valence-corrected chi connectivity index (χ3v) is 2.59. The highest BCUT2D eigenvalue weighted by Crippen LogP contribution is 2.42. The van der Waals surface area contributed by atoms with E-state index in [0.717, 1.165) is 12.8 Å². The molecule has 1 aromatic rings. The second kappa shape index (κ2) is 3.40. The van der Waals surface area contributed by atoms with Gasteiger partial charge >= 0.3 is 5.97 Å². The van der Waals surface area contributed by atoms with Crippen molar-refractivity contribution in [2.45, 2.75) is 18.8 Å². The fraction of sp³-hybridized carbons (Fsp3) is 0.364. The number of halogens is 1. The van der Waals surface area contributed by atoms with E-state index in [1.54, 1.807) is 12.1 Å². The van der Waals surface area contributed by atoms with Gasteiger partial charge in [0.15, 0.2) is 0 Å². The molecule has 0 aliphatic heterocycles. The minimum Gasteiger partial charge on any atom is -0.481 e. The van der Waals surface area contributed by atoms with Crippen molar-refractivity contribution in [3.63, 3.8) is 0 Å². The predicted molar refractivity (Wildman–Crippen MR) is 49.5 cm³/mol. The second-order valence-corrected chi connectivity index (χ2v) is 3.70. The maximum absolute atomic E-state index is 12.6. The predicted octanol–water partition coefficient (Wildman–Crippen LogP) is 2.40. The molecule has 0 unspecified atom stereocenters. The number of carbonyl (C=O) groups is 1. The summed E-state index contributed by atoms with van der Waals surface area (Å²) in [5.74, 6) is -1.33. The van der Waals surface area contributed by atoms with Crippen molar-refractivity contribution in [3.05, 3.63) is 35.6 Å². The largest absolute Gasteiger partial charge is 0.481 e. The monoisotopic (exact) mass is 194 g/mol. The summed E-state index contributed by atoms with van der Waals surface area (Å²) in [5, 5.41) is 9.01. The SMILES string of the molecule is O=C(O)[C@H](c1ccc(F)cc1)C1CC1. The van der Waals surface area contributed by atoms with Crippen molar-refractivity contribution in [1.82, 2.24) is 0 Å². The zero-order chi connectivity index (χ0) is 10.1. The van der Waals surface area contributed by atoms with Crippen LogP contribution in [0.3, 0.4) is 0 Å². The fourth-order valence-corrected chi connectivity index (χ4v) is 1.72. The van der Waals surface area contributed by atoms with E-state index in [1.807, 2.05) is 0 Å². The Labute approximate surface area is 81.4 Å². The number of carboxylic acids is 1. The van der Waals surface area contributed by atoms with Crippen molar-refractivity contribution in [1.29, 1.82) is 0 Å². The van der Waals surface area contributed by atoms with Crippen LogP contribution < -0.4 is 0 Å². The van der Waals surface area contributed by atoms with Crippen LogP contribution in [0.4, 0.5) is 4.39 Å². The lowest BCUT2D eigenvalue weighted by Crippen LogP contribution is -2.13. The molecule has 14 heavy (non-hydrogen) atoms. The van der Waals surface area contributed by atoms with Gasteiger partial charge in [-0.1, -0.05) is 12.1 Å². The molecule has 0 amide bonds. The minimum atomic E-state index is -0.806. The van der Waals surface area contributed by atoms with E-state index in [4.69, 9.17) is 5.11 Å². The van der Waals surface area contributed by atoms with Crippen LogP contribution in [0, 0.1) is 11.7 Å². The van der Waals surface area contributed by atoms with Gasteiger partial charge in [0.1, 0.15) is 5.82 Å². The van der Waals surface area contributed by atoms with Crippen LogP contribution >= 0.6 is 0 Å². The Morgan fingerprint density at radius 1 is 1.36 bits per heavy atom. The fourth-order valence-electron chi connectivity index (χ4n) is 1.72. The van der Waals surface area contributed by atoms with Gasteiger partial charge in [0.25, 0.3) is 0 Å². The van der Waals surface area contributed by atoms with Gasteiger partial charge in [0, 0.05) is 0 Å². The normalized spacial score (nSPS) is 17.8. The first-order valence-corrected chi connectivity index (χ1v) is 4.67. The van der Waals surface area contributed by atoms with E-state index in [9.17, 15) is 9.18 Å². The number of benzene rings is 1. The van der Waals surface area contributed by atoms with Crippen LogP contribution in [0.1, 0.15) is 24.3 Å². The van der Waals surface area contributed by atoms with E-state index in [0.29, 0.717) is 5.56 Å². The van der Waals surface area contributed by atoms with Crippen LogP contribution in [-0.2, 0) is 4.79 Å². The number of hydrogen-bond acceptors (Lipinski definition) is 1. The maximum atomic E-state index is 12.6. The van der Waals surface area contributed by atoms with Crippen molar-refractivity contribution in [2.24, 2.45) is 5.92 Å². The zero-order valence-electron chi connectivity index (χ0n) is 7.61. The number of hydrogen-bond donors (Lipinski definition) is 1. The summed E-state index contributed by atoms with van der Waals surface area (Å²) >= 11 is 0. The summed E-state index contributed by atoms with van der Waals surface area (Å²) in [6, 6.07) is 5.75. The van der Waals surface area contributed by atoms with Crippen molar-refractivity contribution in [3.8, 4) is 0 Å². The lowest BCUT2D eigenvalue weighted by molar-refractivity contribution is -0.139. The molecule has 1 atom stereocenters. The summed E-state index contributed by atoms with van der Waals surface area (Å²) < 4.78 is 12.6. The molecule has 0 radical (unpaired) electrons. The average molecular weight is 194 g/mol. The summed E-state index contributed by atoms with van der Waals surface area (Å²) in [6.07, 6.45) is 1.93. The molecule has 0 saturated heterocycles. The Morgan fingerprint density at radius 2 is 1.93 bits per heavy atom. The molecule has 1 N–H and O–H groups in total. The molecule has 1 aliphatic rings. The molecule has 0 spiro atoms. The smallest absolute Gasteiger partial charge is 0.311 e. The summed E-state index contributed by atoms with van der Waals surface area (Å²) in [4.78, 5) is 11.0. The number of aliphatic carboxylic acids is 1. The first kappa shape index (κ1) is 9.19. The van der Waals surface area contributed by atoms with Crippen molar-refractivity contribution >= 4 is 5.97 Å². The van der Waals surface area contributed by atoms with E-state index in [1.165, 1.54) is 12.1 Å². The van der Waals surface area contributed by atoms with Crippen LogP contribution in [0.15, 0.2) is 24.3 Å². The summed E-state index contributed by atoms with van der Waals surface area (Å²) in [6.45, 7) is 0. The van der Waals surface area contributed by atoms with Crippen molar-refractivity contribution < 1.29 is 14.3 Å². The van der Waals surface area contributed by atoms with Gasteiger partial charge in [-0.25, -0.2) is 4.39 Å². The highest BCUT2D eigenvalue weighted by molar-refractivity contribution is 5.77. The van der Waals surface area contributed by atoms with E-state index in [2.05, 4.69) is 0 Å². The molecule has 1 aliphatic carbocycles. The van der Waals surface area contributed by atoms with Gasteiger partial charge < -0.3 is 5.11 Å². The number of carboxylic acid groups (broad SMARTS) is 1. The second-order valence-electron chi connectivity index (χ2n) is 3.70. The Hall–Kier alpha value is -1.38. The standard InChI is InChI=1S/C11H11FO2/c12-9-5-3-8(4-6-9)10(11(13)14)7-1-2-7/h3-7,10H,1-2H2,(H,13,14)/t10-/m0/s1. The van der Waals surface area contributed by atoms with E-state index >= 15 is 0 Å². The molecular weight excluding hydrogens is 183 g/mol. The minimum absolute atomic E-state index is 0.248. The van der Waals surface area contributed by atoms with E-state index < -0.39 is 11.9 Å². The Balaban J connectivity index is 2.26. The molecular formula is C11H11FO2. The Kier molecular flexibility index (Phi) is 2.23. The molecule has 1 saturated carbocycles. The first-order valence-electron chi connectivity index (χ1n) is 4.67. The number of rotatable bonds is 3. The highest BCUT2D eigenvalue weighted by atomic mass is 19.1. The molecule has 2 nitrogen and oxygen atoms in total. The molecule has 1 aromatic carbocycles. The third-order valence-electron chi connectivity index (χ3n) is 2.59. The van der Waals surface area contributed by atoms with Crippen LogP contribution in [0.5, 0.6) is 0 Å². The molecule has 0 aromatic heterocycles. The lowest BCUT2D eigenvalue weighted by Gasteiger charge is -2.10.